The van der Waals surface area contributed by atoms with Crippen molar-refractivity contribution in [2.45, 2.75) is 210 Å². The van der Waals surface area contributed by atoms with Crippen molar-refractivity contribution in [3.05, 3.63) is 71.8 Å². The summed E-state index contributed by atoms with van der Waals surface area (Å²) in [4.78, 5) is 28.9. The van der Waals surface area contributed by atoms with E-state index in [9.17, 15) is 14.7 Å². The highest BCUT2D eigenvalue weighted by atomic mass is 16.6. The minimum atomic E-state index is -0.559. The Morgan fingerprint density at radius 1 is 0.492 bits per heavy atom. The molecule has 2 aromatic rings. The van der Waals surface area contributed by atoms with Crippen LogP contribution in [-0.4, -0.2) is 72.5 Å². The van der Waals surface area contributed by atoms with Crippen LogP contribution in [0.1, 0.15) is 204 Å². The zero-order valence-electron chi connectivity index (χ0n) is 38.3. The van der Waals surface area contributed by atoms with E-state index in [2.05, 4.69) is 46.6 Å². The van der Waals surface area contributed by atoms with Crippen LogP contribution in [0.25, 0.3) is 0 Å². The number of esters is 2. The number of aliphatic hydroxyl groups is 2. The molecule has 8 heteroatoms. The summed E-state index contributed by atoms with van der Waals surface area (Å²) in [7, 11) is 0. The van der Waals surface area contributed by atoms with E-state index in [1.165, 1.54) is 89.9 Å². The minimum absolute atomic E-state index is 0.0515. The van der Waals surface area contributed by atoms with Gasteiger partial charge >= 0.3 is 11.9 Å². The molecule has 2 heterocycles. The molecule has 2 aliphatic heterocycles. The fourth-order valence-electron chi connectivity index (χ4n) is 9.86. The number of ether oxygens (including phenoxy) is 2. The number of carbonyl (C=O) groups is 2. The Labute approximate surface area is 371 Å². The van der Waals surface area contributed by atoms with Crippen LogP contribution in [-0.2, 0) is 30.3 Å². The molecule has 2 saturated heterocycles. The first kappa shape index (κ1) is 50.9. The number of rotatable bonds is 34. The summed E-state index contributed by atoms with van der Waals surface area (Å²) >= 11 is 0. The van der Waals surface area contributed by atoms with Crippen LogP contribution in [0.2, 0.25) is 0 Å². The van der Waals surface area contributed by atoms with Gasteiger partial charge in [0.2, 0.25) is 0 Å². The van der Waals surface area contributed by atoms with Crippen molar-refractivity contribution in [3.8, 4) is 0 Å². The standard InChI is InChI=1S/C53H86N2O6/c56-45-27-16-12-7-5-3-1-2-4-6-10-14-25-36-51(59)61-53(48-31-21-18-22-32-48)39-43-55(44-40-53)49(34-26-28-46-57)33-23-13-9-8-11-15-24-35-50(58)60-52(37-41-54-42-38-52)47-29-19-17-20-30-47/h17-22,29-32,49,54,56-57H,1-16,23-28,33-46H2. The third-order valence-corrected chi connectivity index (χ3v) is 13.7. The van der Waals surface area contributed by atoms with E-state index in [-0.39, 0.29) is 18.5 Å². The van der Waals surface area contributed by atoms with Crippen molar-refractivity contribution in [1.29, 1.82) is 0 Å². The van der Waals surface area contributed by atoms with Gasteiger partial charge in [0.15, 0.2) is 0 Å². The molecule has 2 fully saturated rings. The number of unbranched alkanes of at least 4 members (excludes halogenated alkanes) is 19. The Morgan fingerprint density at radius 2 is 0.836 bits per heavy atom. The summed E-state index contributed by atoms with van der Waals surface area (Å²) in [6.45, 7) is 4.14. The molecule has 0 radical (unpaired) electrons. The van der Waals surface area contributed by atoms with Crippen LogP contribution in [0.4, 0.5) is 0 Å². The Balaban J connectivity index is 1.11. The lowest BCUT2D eigenvalue weighted by atomic mass is 9.83. The number of hydrogen-bond acceptors (Lipinski definition) is 8. The highest BCUT2D eigenvalue weighted by Gasteiger charge is 2.41. The van der Waals surface area contributed by atoms with Crippen molar-refractivity contribution in [2.75, 3.05) is 39.4 Å². The van der Waals surface area contributed by atoms with Gasteiger partial charge in [0.05, 0.1) is 0 Å². The molecule has 2 aliphatic rings. The fourth-order valence-corrected chi connectivity index (χ4v) is 9.86. The first-order chi connectivity index (χ1) is 30.0. The second-order valence-electron chi connectivity index (χ2n) is 18.4. The highest BCUT2D eigenvalue weighted by Crippen LogP contribution is 2.39. The van der Waals surface area contributed by atoms with Gasteiger partial charge in [0.25, 0.3) is 0 Å². The molecule has 0 aliphatic carbocycles. The monoisotopic (exact) mass is 847 g/mol. The average molecular weight is 847 g/mol. The maximum absolute atomic E-state index is 13.4. The first-order valence-corrected chi connectivity index (χ1v) is 25.2. The zero-order chi connectivity index (χ0) is 43.1. The number of nitrogens with zero attached hydrogens (tertiary/aromatic N) is 1. The van der Waals surface area contributed by atoms with Gasteiger partial charge in [-0.05, 0) is 69.2 Å². The number of hydrogen-bond donors (Lipinski definition) is 3. The van der Waals surface area contributed by atoms with Crippen LogP contribution >= 0.6 is 0 Å². The molecule has 0 bridgehead atoms. The Hall–Kier alpha value is -2.78. The van der Waals surface area contributed by atoms with Gasteiger partial charge in [-0.1, -0.05) is 170 Å². The van der Waals surface area contributed by atoms with Crippen molar-refractivity contribution in [3.63, 3.8) is 0 Å². The number of nitrogens with one attached hydrogen (secondary N) is 1. The molecule has 0 spiro atoms. The molecular weight excluding hydrogens is 761 g/mol. The molecule has 61 heavy (non-hydrogen) atoms. The summed E-state index contributed by atoms with van der Waals surface area (Å²) in [5.74, 6) is -0.115. The van der Waals surface area contributed by atoms with E-state index >= 15 is 0 Å². The number of carbonyl (C=O) groups excluding carboxylic acids is 2. The predicted octanol–water partition coefficient (Wildman–Crippen LogP) is 11.8. The van der Waals surface area contributed by atoms with Gasteiger partial charge in [-0.2, -0.15) is 0 Å². The van der Waals surface area contributed by atoms with Crippen LogP contribution in [0, 0.1) is 0 Å². The second kappa shape index (κ2) is 31.1. The van der Waals surface area contributed by atoms with E-state index in [0.717, 1.165) is 127 Å². The topological polar surface area (TPSA) is 108 Å². The highest BCUT2D eigenvalue weighted by molar-refractivity contribution is 5.70. The molecule has 0 saturated carbocycles. The summed E-state index contributed by atoms with van der Waals surface area (Å²) < 4.78 is 12.7. The summed E-state index contributed by atoms with van der Waals surface area (Å²) in [5, 5.41) is 21.9. The molecule has 1 atom stereocenters. The summed E-state index contributed by atoms with van der Waals surface area (Å²) in [5.41, 5.74) is 1.19. The third kappa shape index (κ3) is 19.7. The largest absolute Gasteiger partial charge is 0.454 e. The minimum Gasteiger partial charge on any atom is -0.454 e. The smallest absolute Gasteiger partial charge is 0.306 e. The molecular formula is C53H86N2O6. The molecule has 8 nitrogen and oxygen atoms in total. The zero-order valence-corrected chi connectivity index (χ0v) is 38.3. The molecule has 2 aromatic carbocycles. The van der Waals surface area contributed by atoms with Crippen LogP contribution in [0.5, 0.6) is 0 Å². The quantitative estimate of drug-likeness (QED) is 0.0472. The number of aliphatic hydroxyl groups excluding tert-OH is 2. The van der Waals surface area contributed by atoms with Gasteiger partial charge in [0.1, 0.15) is 11.2 Å². The molecule has 1 unspecified atom stereocenters. The van der Waals surface area contributed by atoms with Crippen molar-refractivity contribution >= 4 is 11.9 Å². The van der Waals surface area contributed by atoms with Gasteiger partial charge in [-0.3, -0.25) is 9.59 Å². The maximum Gasteiger partial charge on any atom is 0.306 e. The van der Waals surface area contributed by atoms with Crippen molar-refractivity contribution < 1.29 is 29.3 Å². The number of piperidine rings is 2. The SMILES string of the molecule is O=C(CCCCCCCCCC(CCCCO)N1CCC(OC(=O)CCCCCCCCCCCCCCCO)(c2ccccc2)CC1)OC1(c2ccccc2)CCNCC1. The Kier molecular flexibility index (Phi) is 26.0. The van der Waals surface area contributed by atoms with Gasteiger partial charge in [-0.15, -0.1) is 0 Å². The summed E-state index contributed by atoms with van der Waals surface area (Å²) in [6.07, 6.45) is 32.1. The second-order valence-corrected chi connectivity index (χ2v) is 18.4. The van der Waals surface area contributed by atoms with Crippen LogP contribution < -0.4 is 5.32 Å². The van der Waals surface area contributed by atoms with Crippen LogP contribution in [0.15, 0.2) is 60.7 Å². The molecule has 0 amide bonds. The summed E-state index contributed by atoms with van der Waals surface area (Å²) in [6, 6.07) is 21.2. The normalized spacial score (nSPS) is 16.9. The van der Waals surface area contributed by atoms with Crippen molar-refractivity contribution in [1.82, 2.24) is 10.2 Å². The fraction of sp³-hybridized carbons (Fsp3) is 0.736. The lowest BCUT2D eigenvalue weighted by Crippen LogP contribution is -2.48. The van der Waals surface area contributed by atoms with Crippen molar-refractivity contribution in [2.24, 2.45) is 0 Å². The van der Waals surface area contributed by atoms with Gasteiger partial charge in [-0.25, -0.2) is 0 Å². The van der Waals surface area contributed by atoms with Gasteiger partial charge in [0, 0.05) is 70.9 Å². The maximum atomic E-state index is 13.4. The van der Waals surface area contributed by atoms with E-state index in [1.54, 1.807) is 0 Å². The third-order valence-electron chi connectivity index (χ3n) is 13.7. The Morgan fingerprint density at radius 3 is 1.26 bits per heavy atom. The Bertz CT molecular complexity index is 1390. The number of likely N-dealkylation sites (tertiary alicyclic amines) is 1. The van der Waals surface area contributed by atoms with E-state index in [1.807, 2.05) is 24.3 Å². The molecule has 0 aromatic heterocycles. The van der Waals surface area contributed by atoms with Gasteiger partial charge < -0.3 is 29.9 Å². The molecule has 3 N–H and O–H groups in total. The number of benzene rings is 2. The average Bonchev–Trinajstić information content (AvgIpc) is 3.29. The van der Waals surface area contributed by atoms with E-state index < -0.39 is 11.2 Å². The molecule has 344 valence electrons. The van der Waals surface area contributed by atoms with Crippen LogP contribution in [0.3, 0.4) is 0 Å². The molecule has 4 rings (SSSR count). The van der Waals surface area contributed by atoms with E-state index in [0.29, 0.717) is 25.5 Å². The predicted molar refractivity (Wildman–Crippen MR) is 249 cm³/mol. The lowest BCUT2D eigenvalue weighted by molar-refractivity contribution is -0.168. The van der Waals surface area contributed by atoms with E-state index in [4.69, 9.17) is 14.6 Å². The lowest BCUT2D eigenvalue weighted by Gasteiger charge is -2.44. The first-order valence-electron chi connectivity index (χ1n) is 25.2.